The Hall–Kier alpha value is -2.82. The Bertz CT molecular complexity index is 698. The molecule has 126 valence electrons. The Labute approximate surface area is 141 Å². The Morgan fingerprint density at radius 3 is 2.54 bits per heavy atom. The standard InChI is InChI=1S/C19H21NO4/c1-14-8-9-15(2)17(10-14)23-13-18(21)20-11-19(22)24-12-16-6-4-3-5-7-16/h3-10H,11-13H2,1-2H3,(H,20,21). The van der Waals surface area contributed by atoms with Gasteiger partial charge in [0, 0.05) is 0 Å². The molecule has 0 aliphatic heterocycles. The van der Waals surface area contributed by atoms with Crippen LogP contribution in [0.5, 0.6) is 5.75 Å². The van der Waals surface area contributed by atoms with Crippen molar-refractivity contribution < 1.29 is 19.1 Å². The zero-order chi connectivity index (χ0) is 17.4. The van der Waals surface area contributed by atoms with Crippen LogP contribution in [0.15, 0.2) is 48.5 Å². The smallest absolute Gasteiger partial charge is 0.325 e. The predicted octanol–water partition coefficient (Wildman–Crippen LogP) is 2.54. The van der Waals surface area contributed by atoms with Crippen molar-refractivity contribution in [2.24, 2.45) is 0 Å². The van der Waals surface area contributed by atoms with E-state index in [1.165, 1.54) is 0 Å². The van der Waals surface area contributed by atoms with E-state index < -0.39 is 5.97 Å². The van der Waals surface area contributed by atoms with Gasteiger partial charge >= 0.3 is 5.97 Å². The van der Waals surface area contributed by atoms with Crippen LogP contribution in [0.1, 0.15) is 16.7 Å². The van der Waals surface area contributed by atoms with E-state index in [1.54, 1.807) is 0 Å². The van der Waals surface area contributed by atoms with Gasteiger partial charge in [-0.15, -0.1) is 0 Å². The number of esters is 1. The minimum Gasteiger partial charge on any atom is -0.483 e. The molecule has 0 unspecified atom stereocenters. The molecular weight excluding hydrogens is 306 g/mol. The molecule has 0 saturated heterocycles. The van der Waals surface area contributed by atoms with Gasteiger partial charge in [0.25, 0.3) is 5.91 Å². The summed E-state index contributed by atoms with van der Waals surface area (Å²) in [6, 6.07) is 15.1. The van der Waals surface area contributed by atoms with Gasteiger partial charge in [-0.3, -0.25) is 9.59 Å². The van der Waals surface area contributed by atoms with Crippen LogP contribution in [0.2, 0.25) is 0 Å². The zero-order valence-electron chi connectivity index (χ0n) is 13.9. The van der Waals surface area contributed by atoms with Crippen LogP contribution in [0.3, 0.4) is 0 Å². The Balaban J connectivity index is 1.69. The second-order valence-corrected chi connectivity index (χ2v) is 5.48. The third-order valence-electron chi connectivity index (χ3n) is 3.37. The minimum absolute atomic E-state index is 0.143. The molecule has 0 aromatic heterocycles. The first-order valence-corrected chi connectivity index (χ1v) is 7.71. The maximum Gasteiger partial charge on any atom is 0.325 e. The Morgan fingerprint density at radius 1 is 1.04 bits per heavy atom. The SMILES string of the molecule is Cc1ccc(C)c(OCC(=O)NCC(=O)OCc2ccccc2)c1. The highest BCUT2D eigenvalue weighted by atomic mass is 16.5. The highest BCUT2D eigenvalue weighted by Crippen LogP contribution is 2.18. The Morgan fingerprint density at radius 2 is 1.79 bits per heavy atom. The molecule has 1 amide bonds. The normalized spacial score (nSPS) is 10.1. The highest BCUT2D eigenvalue weighted by Gasteiger charge is 2.08. The van der Waals surface area contributed by atoms with Crippen LogP contribution in [0.4, 0.5) is 0 Å². The van der Waals surface area contributed by atoms with Crippen LogP contribution < -0.4 is 10.1 Å². The van der Waals surface area contributed by atoms with Crippen molar-refractivity contribution in [3.63, 3.8) is 0 Å². The molecule has 0 radical (unpaired) electrons. The van der Waals surface area contributed by atoms with Crippen molar-refractivity contribution in [2.75, 3.05) is 13.2 Å². The number of rotatable bonds is 7. The lowest BCUT2D eigenvalue weighted by molar-refractivity contribution is -0.145. The maximum atomic E-state index is 11.7. The number of hydrogen-bond acceptors (Lipinski definition) is 4. The van der Waals surface area contributed by atoms with Gasteiger partial charge in [0.2, 0.25) is 0 Å². The van der Waals surface area contributed by atoms with Crippen LogP contribution in [0.25, 0.3) is 0 Å². The molecule has 5 heteroatoms. The van der Waals surface area contributed by atoms with E-state index >= 15 is 0 Å². The summed E-state index contributed by atoms with van der Waals surface area (Å²) in [5.74, 6) is -0.191. The summed E-state index contributed by atoms with van der Waals surface area (Å²) in [5, 5.41) is 2.48. The summed E-state index contributed by atoms with van der Waals surface area (Å²) in [5.41, 5.74) is 2.91. The lowest BCUT2D eigenvalue weighted by Crippen LogP contribution is -2.34. The van der Waals surface area contributed by atoms with Crippen molar-refractivity contribution in [1.82, 2.24) is 5.32 Å². The number of aryl methyl sites for hydroxylation is 2. The van der Waals surface area contributed by atoms with E-state index in [-0.39, 0.29) is 25.7 Å². The fourth-order valence-corrected chi connectivity index (χ4v) is 2.02. The molecule has 1 N–H and O–H groups in total. The summed E-state index contributed by atoms with van der Waals surface area (Å²) in [7, 11) is 0. The van der Waals surface area contributed by atoms with E-state index in [4.69, 9.17) is 9.47 Å². The molecule has 0 bridgehead atoms. The molecule has 2 aromatic rings. The topological polar surface area (TPSA) is 64.6 Å². The van der Waals surface area contributed by atoms with Crippen molar-refractivity contribution >= 4 is 11.9 Å². The Kier molecular flexibility index (Phi) is 6.37. The lowest BCUT2D eigenvalue weighted by Gasteiger charge is -2.10. The fraction of sp³-hybridized carbons (Fsp3) is 0.263. The third kappa shape index (κ3) is 5.76. The van der Waals surface area contributed by atoms with Gasteiger partial charge in [0.1, 0.15) is 18.9 Å². The molecule has 0 heterocycles. The summed E-state index contributed by atoms with van der Waals surface area (Å²) >= 11 is 0. The van der Waals surface area contributed by atoms with Crippen LogP contribution in [0, 0.1) is 13.8 Å². The molecule has 0 aliphatic carbocycles. The number of hydrogen-bond donors (Lipinski definition) is 1. The first kappa shape index (κ1) is 17.5. The summed E-state index contributed by atoms with van der Waals surface area (Å²) in [6.07, 6.45) is 0. The number of ether oxygens (including phenoxy) is 2. The van der Waals surface area contributed by atoms with E-state index in [0.717, 1.165) is 16.7 Å². The molecule has 0 aliphatic rings. The monoisotopic (exact) mass is 327 g/mol. The predicted molar refractivity (Wildman–Crippen MR) is 90.7 cm³/mol. The van der Waals surface area contributed by atoms with E-state index in [9.17, 15) is 9.59 Å². The van der Waals surface area contributed by atoms with Gasteiger partial charge in [-0.25, -0.2) is 0 Å². The second kappa shape index (κ2) is 8.72. The third-order valence-corrected chi connectivity index (χ3v) is 3.37. The van der Waals surface area contributed by atoms with Gasteiger partial charge < -0.3 is 14.8 Å². The zero-order valence-corrected chi connectivity index (χ0v) is 13.9. The van der Waals surface area contributed by atoms with Gasteiger partial charge in [-0.05, 0) is 36.6 Å². The molecule has 0 spiro atoms. The van der Waals surface area contributed by atoms with Gasteiger partial charge in [-0.1, -0.05) is 42.5 Å². The van der Waals surface area contributed by atoms with Crippen molar-refractivity contribution in [3.8, 4) is 5.75 Å². The molecule has 24 heavy (non-hydrogen) atoms. The van der Waals surface area contributed by atoms with Gasteiger partial charge in [0.15, 0.2) is 6.61 Å². The summed E-state index contributed by atoms with van der Waals surface area (Å²) < 4.78 is 10.6. The molecule has 5 nitrogen and oxygen atoms in total. The quantitative estimate of drug-likeness (QED) is 0.794. The highest BCUT2D eigenvalue weighted by molar-refractivity contribution is 5.82. The van der Waals surface area contributed by atoms with Crippen LogP contribution in [-0.4, -0.2) is 25.0 Å². The van der Waals surface area contributed by atoms with Crippen LogP contribution in [-0.2, 0) is 20.9 Å². The number of carbonyl (C=O) groups is 2. The summed E-state index contributed by atoms with van der Waals surface area (Å²) in [4.78, 5) is 23.4. The fourth-order valence-electron chi connectivity index (χ4n) is 2.02. The molecule has 0 saturated carbocycles. The van der Waals surface area contributed by atoms with Gasteiger partial charge in [-0.2, -0.15) is 0 Å². The largest absolute Gasteiger partial charge is 0.483 e. The van der Waals surface area contributed by atoms with Crippen molar-refractivity contribution in [1.29, 1.82) is 0 Å². The van der Waals surface area contributed by atoms with E-state index in [2.05, 4.69) is 5.32 Å². The molecule has 0 fully saturated rings. The lowest BCUT2D eigenvalue weighted by atomic mass is 10.1. The average molecular weight is 327 g/mol. The second-order valence-electron chi connectivity index (χ2n) is 5.48. The van der Waals surface area contributed by atoms with Crippen LogP contribution >= 0.6 is 0 Å². The molecule has 2 aromatic carbocycles. The molecular formula is C19H21NO4. The number of nitrogens with one attached hydrogen (secondary N) is 1. The summed E-state index contributed by atoms with van der Waals surface area (Å²) in [6.45, 7) is 3.73. The van der Waals surface area contributed by atoms with Crippen molar-refractivity contribution in [2.45, 2.75) is 20.5 Å². The van der Waals surface area contributed by atoms with E-state index in [0.29, 0.717) is 5.75 Å². The minimum atomic E-state index is -0.487. The van der Waals surface area contributed by atoms with Crippen molar-refractivity contribution in [3.05, 3.63) is 65.2 Å². The molecule has 2 rings (SSSR count). The average Bonchev–Trinajstić information content (AvgIpc) is 2.59. The van der Waals surface area contributed by atoms with Gasteiger partial charge in [0.05, 0.1) is 0 Å². The number of carbonyl (C=O) groups excluding carboxylic acids is 2. The first-order valence-electron chi connectivity index (χ1n) is 7.71. The molecule has 0 atom stereocenters. The first-order chi connectivity index (χ1) is 11.5. The number of amides is 1. The maximum absolute atomic E-state index is 11.7. The van der Waals surface area contributed by atoms with E-state index in [1.807, 2.05) is 62.4 Å². The number of benzene rings is 2.